The molecular formula is C14H21N. The van der Waals surface area contributed by atoms with E-state index in [0.717, 1.165) is 18.9 Å². The molecule has 15 heavy (non-hydrogen) atoms. The van der Waals surface area contributed by atoms with Gasteiger partial charge in [0.2, 0.25) is 0 Å². The number of benzene rings is 1. The van der Waals surface area contributed by atoms with Gasteiger partial charge in [0.15, 0.2) is 0 Å². The minimum Gasteiger partial charge on any atom is -0.330 e. The summed E-state index contributed by atoms with van der Waals surface area (Å²) in [7, 11) is 0. The molecule has 0 bridgehead atoms. The van der Waals surface area contributed by atoms with E-state index in [9.17, 15) is 0 Å². The van der Waals surface area contributed by atoms with Crippen molar-refractivity contribution in [3.63, 3.8) is 0 Å². The summed E-state index contributed by atoms with van der Waals surface area (Å²) in [5.41, 5.74) is 11.9. The first-order valence-corrected chi connectivity index (χ1v) is 6.03. The summed E-state index contributed by atoms with van der Waals surface area (Å²) in [5.74, 6) is 0.721. The maximum atomic E-state index is 5.70. The van der Waals surface area contributed by atoms with Gasteiger partial charge in [0, 0.05) is 0 Å². The third-order valence-corrected chi connectivity index (χ3v) is 3.71. The third kappa shape index (κ3) is 1.93. The van der Waals surface area contributed by atoms with Crippen LogP contribution in [0.1, 0.15) is 47.4 Å². The van der Waals surface area contributed by atoms with Crippen molar-refractivity contribution in [1.29, 1.82) is 0 Å². The molecule has 1 nitrogen and oxygen atoms in total. The van der Waals surface area contributed by atoms with Gasteiger partial charge in [-0.25, -0.2) is 0 Å². The molecule has 0 saturated carbocycles. The number of hydrogen-bond donors (Lipinski definition) is 1. The molecule has 1 aromatic carbocycles. The van der Waals surface area contributed by atoms with Gasteiger partial charge in [-0.05, 0) is 74.2 Å². The Balaban J connectivity index is 2.45. The zero-order valence-electron chi connectivity index (χ0n) is 9.84. The summed E-state index contributed by atoms with van der Waals surface area (Å²) >= 11 is 0. The smallest absolute Gasteiger partial charge is 0.00714 e. The largest absolute Gasteiger partial charge is 0.330 e. The predicted octanol–water partition coefficient (Wildman–Crippen LogP) is 3.07. The van der Waals surface area contributed by atoms with Crippen LogP contribution in [0.25, 0.3) is 0 Å². The van der Waals surface area contributed by atoms with E-state index in [1.807, 2.05) is 0 Å². The van der Waals surface area contributed by atoms with Crippen LogP contribution in [0.3, 0.4) is 0 Å². The van der Waals surface area contributed by atoms with E-state index in [-0.39, 0.29) is 0 Å². The standard InChI is InChI=1S/C14H21N/c1-10-6-7-11(2)14-12(8-9-15)4-3-5-13(10)14/h6-7,12H,3-5,8-9,15H2,1-2H3. The Morgan fingerprint density at radius 3 is 2.73 bits per heavy atom. The zero-order valence-corrected chi connectivity index (χ0v) is 9.84. The van der Waals surface area contributed by atoms with Crippen LogP contribution in [-0.4, -0.2) is 6.54 Å². The van der Waals surface area contributed by atoms with Crippen molar-refractivity contribution >= 4 is 0 Å². The number of hydrogen-bond acceptors (Lipinski definition) is 1. The first kappa shape index (κ1) is 10.7. The molecular weight excluding hydrogens is 182 g/mol. The second kappa shape index (κ2) is 4.36. The number of fused-ring (bicyclic) bond motifs is 1. The molecule has 0 spiro atoms. The van der Waals surface area contributed by atoms with Crippen LogP contribution in [0, 0.1) is 13.8 Å². The highest BCUT2D eigenvalue weighted by Crippen LogP contribution is 2.37. The average Bonchev–Trinajstić information content (AvgIpc) is 2.24. The van der Waals surface area contributed by atoms with Crippen molar-refractivity contribution in [2.45, 2.75) is 45.4 Å². The zero-order chi connectivity index (χ0) is 10.8. The number of aryl methyl sites for hydroxylation is 2. The molecule has 0 aliphatic heterocycles. The van der Waals surface area contributed by atoms with Crippen molar-refractivity contribution in [1.82, 2.24) is 0 Å². The van der Waals surface area contributed by atoms with Crippen LogP contribution in [0.2, 0.25) is 0 Å². The molecule has 1 aliphatic carbocycles. The van der Waals surface area contributed by atoms with E-state index >= 15 is 0 Å². The van der Waals surface area contributed by atoms with Gasteiger partial charge in [-0.2, -0.15) is 0 Å². The van der Waals surface area contributed by atoms with Gasteiger partial charge in [-0.1, -0.05) is 12.1 Å². The van der Waals surface area contributed by atoms with E-state index in [1.54, 1.807) is 11.1 Å². The van der Waals surface area contributed by atoms with Gasteiger partial charge in [-0.15, -0.1) is 0 Å². The minimum absolute atomic E-state index is 0.721. The quantitative estimate of drug-likeness (QED) is 0.785. The first-order valence-electron chi connectivity index (χ1n) is 6.03. The van der Waals surface area contributed by atoms with E-state index in [2.05, 4.69) is 26.0 Å². The first-order chi connectivity index (χ1) is 7.24. The topological polar surface area (TPSA) is 26.0 Å². The second-order valence-electron chi connectivity index (χ2n) is 4.76. The van der Waals surface area contributed by atoms with Crippen LogP contribution in [0.5, 0.6) is 0 Å². The Kier molecular flexibility index (Phi) is 3.11. The van der Waals surface area contributed by atoms with Crippen molar-refractivity contribution < 1.29 is 0 Å². The Hall–Kier alpha value is -0.820. The van der Waals surface area contributed by atoms with Crippen molar-refractivity contribution in [2.75, 3.05) is 6.54 Å². The van der Waals surface area contributed by atoms with E-state index < -0.39 is 0 Å². The number of nitrogens with two attached hydrogens (primary N) is 1. The molecule has 1 heteroatoms. The lowest BCUT2D eigenvalue weighted by Gasteiger charge is -2.28. The molecule has 1 aliphatic rings. The van der Waals surface area contributed by atoms with Crippen LogP contribution in [0.4, 0.5) is 0 Å². The Morgan fingerprint density at radius 2 is 2.00 bits per heavy atom. The molecule has 1 aromatic rings. The van der Waals surface area contributed by atoms with Gasteiger partial charge >= 0.3 is 0 Å². The minimum atomic E-state index is 0.721. The fraction of sp³-hybridized carbons (Fsp3) is 0.571. The van der Waals surface area contributed by atoms with Gasteiger partial charge < -0.3 is 5.73 Å². The van der Waals surface area contributed by atoms with Gasteiger partial charge in [-0.3, -0.25) is 0 Å². The average molecular weight is 203 g/mol. The molecule has 0 amide bonds. The molecule has 0 radical (unpaired) electrons. The van der Waals surface area contributed by atoms with Crippen LogP contribution >= 0.6 is 0 Å². The Labute approximate surface area is 92.7 Å². The monoisotopic (exact) mass is 203 g/mol. The van der Waals surface area contributed by atoms with Gasteiger partial charge in [0.25, 0.3) is 0 Å². The molecule has 0 fully saturated rings. The summed E-state index contributed by atoms with van der Waals surface area (Å²) < 4.78 is 0. The maximum absolute atomic E-state index is 5.70. The lowest BCUT2D eigenvalue weighted by Crippen LogP contribution is -2.16. The summed E-state index contributed by atoms with van der Waals surface area (Å²) in [6.45, 7) is 5.30. The number of rotatable bonds is 2. The van der Waals surface area contributed by atoms with Crippen molar-refractivity contribution in [2.24, 2.45) is 5.73 Å². The van der Waals surface area contributed by atoms with E-state index in [0.29, 0.717) is 0 Å². The second-order valence-corrected chi connectivity index (χ2v) is 4.76. The van der Waals surface area contributed by atoms with Crippen LogP contribution in [-0.2, 0) is 6.42 Å². The summed E-state index contributed by atoms with van der Waals surface area (Å²) in [4.78, 5) is 0. The normalized spacial score (nSPS) is 20.1. The highest BCUT2D eigenvalue weighted by molar-refractivity contribution is 5.43. The Morgan fingerprint density at radius 1 is 1.27 bits per heavy atom. The molecule has 1 unspecified atom stereocenters. The van der Waals surface area contributed by atoms with Gasteiger partial charge in [0.1, 0.15) is 0 Å². The molecule has 82 valence electrons. The Bertz CT molecular complexity index is 355. The molecule has 2 N–H and O–H groups in total. The lowest BCUT2D eigenvalue weighted by molar-refractivity contribution is 0.522. The summed E-state index contributed by atoms with van der Waals surface area (Å²) in [6.07, 6.45) is 5.08. The molecule has 2 rings (SSSR count). The fourth-order valence-corrected chi connectivity index (χ4v) is 2.95. The third-order valence-electron chi connectivity index (χ3n) is 3.71. The van der Waals surface area contributed by atoms with Crippen LogP contribution < -0.4 is 5.73 Å². The van der Waals surface area contributed by atoms with Gasteiger partial charge in [0.05, 0.1) is 0 Å². The molecule has 0 saturated heterocycles. The van der Waals surface area contributed by atoms with E-state index in [1.165, 1.54) is 30.4 Å². The predicted molar refractivity (Wildman–Crippen MR) is 65.3 cm³/mol. The van der Waals surface area contributed by atoms with Crippen molar-refractivity contribution in [3.05, 3.63) is 34.4 Å². The van der Waals surface area contributed by atoms with E-state index in [4.69, 9.17) is 5.73 Å². The molecule has 0 aromatic heterocycles. The van der Waals surface area contributed by atoms with Crippen LogP contribution in [0.15, 0.2) is 12.1 Å². The summed E-state index contributed by atoms with van der Waals surface area (Å²) in [6, 6.07) is 4.53. The fourth-order valence-electron chi connectivity index (χ4n) is 2.95. The highest BCUT2D eigenvalue weighted by Gasteiger charge is 2.22. The highest BCUT2D eigenvalue weighted by atomic mass is 14.5. The van der Waals surface area contributed by atoms with Crippen molar-refractivity contribution in [3.8, 4) is 0 Å². The maximum Gasteiger partial charge on any atom is -0.00714 e. The molecule has 0 heterocycles. The SMILES string of the molecule is Cc1ccc(C)c2c1CCCC2CCN. The molecule has 1 atom stereocenters. The lowest BCUT2D eigenvalue weighted by atomic mass is 9.77. The summed E-state index contributed by atoms with van der Waals surface area (Å²) in [5, 5.41) is 0.